The van der Waals surface area contributed by atoms with E-state index in [1.54, 1.807) is 4.57 Å². The third-order valence-corrected chi connectivity index (χ3v) is 4.49. The van der Waals surface area contributed by atoms with Crippen molar-refractivity contribution in [2.75, 3.05) is 0 Å². The van der Waals surface area contributed by atoms with Crippen LogP contribution < -0.4 is 10.9 Å². The summed E-state index contributed by atoms with van der Waals surface area (Å²) in [5, 5.41) is 2.85. The lowest BCUT2D eigenvalue weighted by molar-refractivity contribution is -0.122. The number of nitrogens with one attached hydrogen (secondary N) is 1. The first kappa shape index (κ1) is 17.7. The van der Waals surface area contributed by atoms with Crippen molar-refractivity contribution in [2.24, 2.45) is 0 Å². The van der Waals surface area contributed by atoms with Crippen molar-refractivity contribution in [1.82, 2.24) is 14.3 Å². The van der Waals surface area contributed by atoms with Gasteiger partial charge in [-0.3, -0.25) is 14.2 Å². The average molecular weight is 449 g/mol. The van der Waals surface area contributed by atoms with Gasteiger partial charge in [0.15, 0.2) is 0 Å². The van der Waals surface area contributed by atoms with Crippen LogP contribution in [0.4, 0.5) is 0 Å². The van der Waals surface area contributed by atoms with Crippen molar-refractivity contribution in [2.45, 2.75) is 33.4 Å². The minimum Gasteiger partial charge on any atom is -0.352 e. The number of fused-ring (bicyclic) bond motifs is 1. The molecular formula is C19H20IN3O2. The van der Waals surface area contributed by atoms with Gasteiger partial charge in [0.1, 0.15) is 12.1 Å². The maximum Gasteiger partial charge on any atom is 0.275 e. The molecule has 0 unspecified atom stereocenters. The van der Waals surface area contributed by atoms with Crippen LogP contribution in [0.1, 0.15) is 19.4 Å². The number of nitrogens with zero attached hydrogens (tertiary/aromatic N) is 2. The first-order valence-corrected chi connectivity index (χ1v) is 9.20. The lowest BCUT2D eigenvalue weighted by Gasteiger charge is -2.15. The van der Waals surface area contributed by atoms with Crippen molar-refractivity contribution < 1.29 is 4.79 Å². The zero-order valence-electron chi connectivity index (χ0n) is 14.4. The molecule has 3 rings (SSSR count). The largest absolute Gasteiger partial charge is 0.352 e. The number of hydrogen-bond donors (Lipinski definition) is 1. The van der Waals surface area contributed by atoms with E-state index in [1.165, 1.54) is 0 Å². The van der Waals surface area contributed by atoms with Crippen LogP contribution in [0, 0.1) is 10.5 Å². The number of rotatable bonds is 4. The fourth-order valence-electron chi connectivity index (χ4n) is 2.88. The van der Waals surface area contributed by atoms with E-state index < -0.39 is 0 Å². The van der Waals surface area contributed by atoms with Crippen molar-refractivity contribution in [1.29, 1.82) is 0 Å². The smallest absolute Gasteiger partial charge is 0.275 e. The van der Waals surface area contributed by atoms with E-state index >= 15 is 0 Å². The molecule has 2 heterocycles. The predicted octanol–water partition coefficient (Wildman–Crippen LogP) is 3.21. The SMILES string of the molecule is Cc1cccc(-c2cn3cc(I)cc3c(=O)n2CC(=O)NC(C)C)c1. The van der Waals surface area contributed by atoms with Gasteiger partial charge in [-0.05, 0) is 55.5 Å². The third kappa shape index (κ3) is 3.78. The Morgan fingerprint density at radius 2 is 2.00 bits per heavy atom. The molecule has 5 nitrogen and oxygen atoms in total. The van der Waals surface area contributed by atoms with E-state index in [4.69, 9.17) is 0 Å². The van der Waals surface area contributed by atoms with Crippen LogP contribution in [-0.2, 0) is 11.3 Å². The fraction of sp³-hybridized carbons (Fsp3) is 0.263. The Balaban J connectivity index is 2.20. The summed E-state index contributed by atoms with van der Waals surface area (Å²) in [4.78, 5) is 25.3. The molecule has 1 aromatic carbocycles. The molecule has 0 aliphatic rings. The molecular weight excluding hydrogens is 429 g/mol. The van der Waals surface area contributed by atoms with E-state index in [0.717, 1.165) is 20.4 Å². The van der Waals surface area contributed by atoms with Crippen LogP contribution in [0.15, 0.2) is 47.5 Å². The van der Waals surface area contributed by atoms with Gasteiger partial charge in [-0.15, -0.1) is 0 Å². The van der Waals surface area contributed by atoms with Crippen molar-refractivity contribution in [3.8, 4) is 11.3 Å². The minimum absolute atomic E-state index is 0.00144. The van der Waals surface area contributed by atoms with Crippen LogP contribution in [0.3, 0.4) is 0 Å². The Hall–Kier alpha value is -2.09. The summed E-state index contributed by atoms with van der Waals surface area (Å²) in [6.07, 6.45) is 3.82. The quantitative estimate of drug-likeness (QED) is 0.623. The molecule has 2 aromatic heterocycles. The lowest BCUT2D eigenvalue weighted by Crippen LogP contribution is -2.36. The normalized spacial score (nSPS) is 11.2. The molecule has 0 bridgehead atoms. The monoisotopic (exact) mass is 449 g/mol. The summed E-state index contributed by atoms with van der Waals surface area (Å²) < 4.78 is 4.37. The standard InChI is InChI=1S/C19H20IN3O2/c1-12(2)21-18(24)11-23-17(14-6-4-5-13(3)7-14)10-22-9-15(20)8-16(22)19(23)25/h4-10,12H,11H2,1-3H3,(H,21,24). The van der Waals surface area contributed by atoms with Gasteiger partial charge in [-0.25, -0.2) is 0 Å². The summed E-state index contributed by atoms with van der Waals surface area (Å²) in [5.74, 6) is -0.170. The van der Waals surface area contributed by atoms with Gasteiger partial charge >= 0.3 is 0 Å². The summed E-state index contributed by atoms with van der Waals surface area (Å²) in [7, 11) is 0. The Bertz CT molecular complexity index is 1000. The Morgan fingerprint density at radius 1 is 1.24 bits per heavy atom. The maximum atomic E-state index is 13.0. The molecule has 1 N–H and O–H groups in total. The third-order valence-electron chi connectivity index (χ3n) is 3.90. The van der Waals surface area contributed by atoms with Gasteiger partial charge in [0.05, 0.1) is 5.69 Å². The van der Waals surface area contributed by atoms with Gasteiger partial charge in [0, 0.05) is 27.6 Å². The molecule has 6 heteroatoms. The fourth-order valence-corrected chi connectivity index (χ4v) is 3.47. The zero-order valence-corrected chi connectivity index (χ0v) is 16.6. The summed E-state index contributed by atoms with van der Waals surface area (Å²) in [5.41, 5.74) is 3.15. The van der Waals surface area contributed by atoms with E-state index in [2.05, 4.69) is 27.9 Å². The molecule has 0 atom stereocenters. The number of aryl methyl sites for hydroxylation is 1. The number of hydrogen-bond acceptors (Lipinski definition) is 2. The van der Waals surface area contributed by atoms with Crippen molar-refractivity contribution in [3.05, 3.63) is 62.2 Å². The molecule has 130 valence electrons. The highest BCUT2D eigenvalue weighted by Gasteiger charge is 2.15. The van der Waals surface area contributed by atoms with Gasteiger partial charge in [-0.1, -0.05) is 23.8 Å². The van der Waals surface area contributed by atoms with E-state index in [0.29, 0.717) is 5.52 Å². The number of aromatic nitrogens is 2. The highest BCUT2D eigenvalue weighted by molar-refractivity contribution is 14.1. The maximum absolute atomic E-state index is 13.0. The van der Waals surface area contributed by atoms with Gasteiger partial charge in [0.25, 0.3) is 5.56 Å². The highest BCUT2D eigenvalue weighted by Crippen LogP contribution is 2.21. The Kier molecular flexibility index (Phi) is 4.99. The minimum atomic E-state index is -0.170. The van der Waals surface area contributed by atoms with Gasteiger partial charge in [0.2, 0.25) is 5.91 Å². The molecule has 0 fully saturated rings. The second-order valence-corrected chi connectivity index (χ2v) is 7.69. The molecule has 1 amide bonds. The topological polar surface area (TPSA) is 55.5 Å². The summed E-state index contributed by atoms with van der Waals surface area (Å²) >= 11 is 2.19. The van der Waals surface area contributed by atoms with Gasteiger partial charge < -0.3 is 9.72 Å². The molecule has 0 saturated carbocycles. The first-order valence-electron chi connectivity index (χ1n) is 8.12. The predicted molar refractivity (Wildman–Crippen MR) is 108 cm³/mol. The van der Waals surface area contributed by atoms with Crippen molar-refractivity contribution in [3.63, 3.8) is 0 Å². The zero-order chi connectivity index (χ0) is 18.1. The number of amides is 1. The first-order chi connectivity index (χ1) is 11.8. The number of benzene rings is 1. The highest BCUT2D eigenvalue weighted by atomic mass is 127. The van der Waals surface area contributed by atoms with E-state index in [-0.39, 0.29) is 24.1 Å². The second kappa shape index (κ2) is 7.03. The van der Waals surface area contributed by atoms with E-state index in [9.17, 15) is 9.59 Å². The van der Waals surface area contributed by atoms with Crippen molar-refractivity contribution >= 4 is 34.0 Å². The second-order valence-electron chi connectivity index (χ2n) is 6.45. The summed E-state index contributed by atoms with van der Waals surface area (Å²) in [6, 6.07) is 9.81. The van der Waals surface area contributed by atoms with Crippen LogP contribution in [0.2, 0.25) is 0 Å². The van der Waals surface area contributed by atoms with Crippen LogP contribution >= 0.6 is 22.6 Å². The Morgan fingerprint density at radius 3 is 2.68 bits per heavy atom. The molecule has 0 radical (unpaired) electrons. The molecule has 0 aliphatic heterocycles. The molecule has 3 aromatic rings. The summed E-state index contributed by atoms with van der Waals surface area (Å²) in [6.45, 7) is 5.81. The molecule has 0 aliphatic carbocycles. The Labute approximate surface area is 159 Å². The number of halogens is 1. The lowest BCUT2D eigenvalue weighted by atomic mass is 10.1. The van der Waals surface area contributed by atoms with Crippen LogP contribution in [0.25, 0.3) is 16.8 Å². The van der Waals surface area contributed by atoms with Crippen LogP contribution in [0.5, 0.6) is 0 Å². The molecule has 0 saturated heterocycles. The molecule has 25 heavy (non-hydrogen) atoms. The average Bonchev–Trinajstić information content (AvgIpc) is 2.90. The van der Waals surface area contributed by atoms with Gasteiger partial charge in [-0.2, -0.15) is 0 Å². The van der Waals surface area contributed by atoms with E-state index in [1.807, 2.05) is 67.9 Å². The van der Waals surface area contributed by atoms with Crippen LogP contribution in [-0.4, -0.2) is 20.9 Å². The molecule has 0 spiro atoms. The number of carbonyl (C=O) groups excluding carboxylic acids is 1. The number of carbonyl (C=O) groups is 1.